The fraction of sp³-hybridized carbons (Fsp3) is 0.786. The van der Waals surface area contributed by atoms with Crippen molar-refractivity contribution in [1.82, 2.24) is 10.2 Å². The monoisotopic (exact) mass is 256 g/mol. The highest BCUT2D eigenvalue weighted by Gasteiger charge is 2.20. The van der Waals surface area contributed by atoms with E-state index in [2.05, 4.69) is 37.6 Å². The SMILES string of the molecule is C=CC(=O)NCC(CCO)N(CCCC)C(C)C. The number of carbonyl (C=O) groups is 1. The van der Waals surface area contributed by atoms with Crippen LogP contribution in [0.3, 0.4) is 0 Å². The third kappa shape index (κ3) is 6.77. The van der Waals surface area contributed by atoms with Crippen LogP contribution in [0.25, 0.3) is 0 Å². The van der Waals surface area contributed by atoms with Gasteiger partial charge in [-0.1, -0.05) is 19.9 Å². The lowest BCUT2D eigenvalue weighted by molar-refractivity contribution is -0.116. The van der Waals surface area contributed by atoms with Gasteiger partial charge in [0.05, 0.1) is 0 Å². The van der Waals surface area contributed by atoms with Crippen LogP contribution in [0.4, 0.5) is 0 Å². The maximum absolute atomic E-state index is 11.2. The summed E-state index contributed by atoms with van der Waals surface area (Å²) in [5.41, 5.74) is 0. The summed E-state index contributed by atoms with van der Waals surface area (Å²) in [6.07, 6.45) is 4.24. The second-order valence-corrected chi connectivity index (χ2v) is 4.80. The lowest BCUT2D eigenvalue weighted by Crippen LogP contribution is -2.47. The van der Waals surface area contributed by atoms with Gasteiger partial charge in [-0.2, -0.15) is 0 Å². The summed E-state index contributed by atoms with van der Waals surface area (Å²) in [5.74, 6) is -0.155. The third-order valence-corrected chi connectivity index (χ3v) is 3.06. The van der Waals surface area contributed by atoms with Crippen LogP contribution in [0.15, 0.2) is 12.7 Å². The van der Waals surface area contributed by atoms with Gasteiger partial charge in [0.15, 0.2) is 0 Å². The molecule has 0 aliphatic rings. The maximum Gasteiger partial charge on any atom is 0.243 e. The van der Waals surface area contributed by atoms with Gasteiger partial charge in [-0.25, -0.2) is 0 Å². The molecule has 0 aromatic carbocycles. The first-order valence-electron chi connectivity index (χ1n) is 6.83. The fourth-order valence-corrected chi connectivity index (χ4v) is 2.03. The molecule has 1 unspecified atom stereocenters. The number of unbranched alkanes of at least 4 members (excludes halogenated alkanes) is 1. The molecule has 18 heavy (non-hydrogen) atoms. The number of aliphatic hydroxyl groups excluding tert-OH is 1. The standard InChI is InChI=1S/C14H28N2O2/c1-5-7-9-16(12(3)4)13(8-10-17)11-15-14(18)6-2/h6,12-13,17H,2,5,7-11H2,1,3-4H3,(H,15,18). The summed E-state index contributed by atoms with van der Waals surface area (Å²) in [5, 5.41) is 12.0. The average Bonchev–Trinajstić information content (AvgIpc) is 2.35. The van der Waals surface area contributed by atoms with E-state index >= 15 is 0 Å². The molecular weight excluding hydrogens is 228 g/mol. The molecule has 1 atom stereocenters. The van der Waals surface area contributed by atoms with Gasteiger partial charge in [0.1, 0.15) is 0 Å². The molecule has 0 radical (unpaired) electrons. The molecule has 106 valence electrons. The Hall–Kier alpha value is -0.870. The van der Waals surface area contributed by atoms with Crippen LogP contribution in [-0.4, -0.2) is 47.7 Å². The smallest absolute Gasteiger partial charge is 0.243 e. The van der Waals surface area contributed by atoms with Gasteiger partial charge < -0.3 is 10.4 Å². The van der Waals surface area contributed by atoms with E-state index in [1.165, 1.54) is 6.08 Å². The highest BCUT2D eigenvalue weighted by Crippen LogP contribution is 2.10. The van der Waals surface area contributed by atoms with Crippen LogP contribution < -0.4 is 5.32 Å². The number of aliphatic hydroxyl groups is 1. The van der Waals surface area contributed by atoms with Crippen molar-refractivity contribution in [3.05, 3.63) is 12.7 Å². The summed E-state index contributed by atoms with van der Waals surface area (Å²) in [6, 6.07) is 0.596. The van der Waals surface area contributed by atoms with E-state index < -0.39 is 0 Å². The van der Waals surface area contributed by atoms with Gasteiger partial charge in [0.2, 0.25) is 5.91 Å². The van der Waals surface area contributed by atoms with Crippen molar-refractivity contribution in [3.63, 3.8) is 0 Å². The Labute approximate surface area is 111 Å². The summed E-state index contributed by atoms with van der Waals surface area (Å²) < 4.78 is 0. The Balaban J connectivity index is 4.47. The Morgan fingerprint density at radius 2 is 2.17 bits per heavy atom. The Kier molecular flexibility index (Phi) is 9.60. The van der Waals surface area contributed by atoms with Crippen molar-refractivity contribution in [2.45, 2.75) is 52.1 Å². The molecule has 4 nitrogen and oxygen atoms in total. The number of rotatable bonds is 10. The van der Waals surface area contributed by atoms with Crippen molar-refractivity contribution >= 4 is 5.91 Å². The predicted octanol–water partition coefficient (Wildman–Crippen LogP) is 1.55. The van der Waals surface area contributed by atoms with Crippen molar-refractivity contribution in [2.75, 3.05) is 19.7 Å². The largest absolute Gasteiger partial charge is 0.396 e. The molecule has 4 heteroatoms. The molecule has 0 heterocycles. The molecule has 2 N–H and O–H groups in total. The highest BCUT2D eigenvalue weighted by atomic mass is 16.3. The highest BCUT2D eigenvalue weighted by molar-refractivity contribution is 5.86. The minimum absolute atomic E-state index is 0.143. The lowest BCUT2D eigenvalue weighted by Gasteiger charge is -2.35. The van der Waals surface area contributed by atoms with Crippen LogP contribution in [0.2, 0.25) is 0 Å². The molecule has 0 rings (SSSR count). The predicted molar refractivity (Wildman–Crippen MR) is 75.4 cm³/mol. The van der Waals surface area contributed by atoms with Gasteiger partial charge >= 0.3 is 0 Å². The molecule has 0 saturated carbocycles. The van der Waals surface area contributed by atoms with E-state index in [0.717, 1.165) is 19.4 Å². The second-order valence-electron chi connectivity index (χ2n) is 4.80. The number of hydrogen-bond donors (Lipinski definition) is 2. The Bertz CT molecular complexity index is 242. The molecule has 1 amide bonds. The first-order chi connectivity index (χ1) is 8.56. The zero-order valence-corrected chi connectivity index (χ0v) is 12.0. The number of nitrogens with zero attached hydrogens (tertiary/aromatic N) is 1. The molecule has 0 bridgehead atoms. The van der Waals surface area contributed by atoms with E-state index in [9.17, 15) is 4.79 Å². The normalized spacial score (nSPS) is 12.8. The second kappa shape index (κ2) is 10.1. The van der Waals surface area contributed by atoms with Crippen molar-refractivity contribution in [3.8, 4) is 0 Å². The molecule has 0 aliphatic carbocycles. The van der Waals surface area contributed by atoms with Crippen LogP contribution in [0, 0.1) is 0 Å². The van der Waals surface area contributed by atoms with E-state index in [1.807, 2.05) is 0 Å². The van der Waals surface area contributed by atoms with Gasteiger partial charge in [0, 0.05) is 25.2 Å². The Morgan fingerprint density at radius 1 is 1.50 bits per heavy atom. The molecule has 0 aliphatic heterocycles. The summed E-state index contributed by atoms with van der Waals surface area (Å²) in [6.45, 7) is 11.6. The fourth-order valence-electron chi connectivity index (χ4n) is 2.03. The van der Waals surface area contributed by atoms with Crippen molar-refractivity contribution in [2.24, 2.45) is 0 Å². The molecule has 0 fully saturated rings. The van der Waals surface area contributed by atoms with Crippen LogP contribution >= 0.6 is 0 Å². The first kappa shape index (κ1) is 17.1. The Morgan fingerprint density at radius 3 is 2.61 bits per heavy atom. The number of nitrogens with one attached hydrogen (secondary N) is 1. The number of carbonyl (C=O) groups excluding carboxylic acids is 1. The molecule has 0 spiro atoms. The molecule has 0 saturated heterocycles. The van der Waals surface area contributed by atoms with E-state index in [0.29, 0.717) is 19.0 Å². The summed E-state index contributed by atoms with van der Waals surface area (Å²) in [4.78, 5) is 13.6. The average molecular weight is 256 g/mol. The molecule has 0 aromatic heterocycles. The summed E-state index contributed by atoms with van der Waals surface area (Å²) in [7, 11) is 0. The summed E-state index contributed by atoms with van der Waals surface area (Å²) >= 11 is 0. The first-order valence-corrected chi connectivity index (χ1v) is 6.83. The zero-order valence-electron chi connectivity index (χ0n) is 12.0. The van der Waals surface area contributed by atoms with Crippen LogP contribution in [0.1, 0.15) is 40.0 Å². The van der Waals surface area contributed by atoms with E-state index in [4.69, 9.17) is 5.11 Å². The van der Waals surface area contributed by atoms with Gasteiger partial charge in [-0.15, -0.1) is 0 Å². The zero-order chi connectivity index (χ0) is 14.0. The maximum atomic E-state index is 11.2. The van der Waals surface area contributed by atoms with Gasteiger partial charge in [-0.3, -0.25) is 9.69 Å². The van der Waals surface area contributed by atoms with Crippen LogP contribution in [-0.2, 0) is 4.79 Å². The van der Waals surface area contributed by atoms with Gasteiger partial charge in [0.25, 0.3) is 0 Å². The van der Waals surface area contributed by atoms with Crippen molar-refractivity contribution < 1.29 is 9.90 Å². The quantitative estimate of drug-likeness (QED) is 0.583. The van der Waals surface area contributed by atoms with E-state index in [-0.39, 0.29) is 18.6 Å². The minimum Gasteiger partial charge on any atom is -0.396 e. The van der Waals surface area contributed by atoms with E-state index in [1.54, 1.807) is 0 Å². The number of hydrogen-bond acceptors (Lipinski definition) is 3. The third-order valence-electron chi connectivity index (χ3n) is 3.06. The molecular formula is C14H28N2O2. The number of amides is 1. The van der Waals surface area contributed by atoms with Gasteiger partial charge in [-0.05, 0) is 39.3 Å². The van der Waals surface area contributed by atoms with Crippen molar-refractivity contribution in [1.29, 1.82) is 0 Å². The molecule has 0 aromatic rings. The topological polar surface area (TPSA) is 52.6 Å². The van der Waals surface area contributed by atoms with Crippen LogP contribution in [0.5, 0.6) is 0 Å². The minimum atomic E-state index is -0.155. The lowest BCUT2D eigenvalue weighted by atomic mass is 10.1.